The van der Waals surface area contributed by atoms with Gasteiger partial charge in [-0.2, -0.15) is 4.98 Å². The molecule has 0 spiro atoms. The van der Waals surface area contributed by atoms with Crippen molar-refractivity contribution in [3.05, 3.63) is 24.2 Å². The molecule has 7 heteroatoms. The number of nitrogens with one attached hydrogen (secondary N) is 1. The van der Waals surface area contributed by atoms with Crippen LogP contribution in [0.25, 0.3) is 11.5 Å². The van der Waals surface area contributed by atoms with E-state index in [1.165, 1.54) is 24.6 Å². The first-order chi connectivity index (χ1) is 12.1. The van der Waals surface area contributed by atoms with Gasteiger partial charge in [0.1, 0.15) is 0 Å². The Morgan fingerprint density at radius 1 is 1.32 bits per heavy atom. The summed E-state index contributed by atoms with van der Waals surface area (Å²) in [6.07, 6.45) is 7.03. The minimum absolute atomic E-state index is 0.0833. The molecule has 2 heterocycles. The standard InChI is InChI=1S/C18H24N4O2S/c1-3-15-21-18(24-22-15)13-6-9-17(19-10-13)25-11-16(23)20-14-7-4-12(2)5-8-14/h6,9-10,12,14H,3-5,7-8,11H2,1-2H3,(H,20,23). The Hall–Kier alpha value is -1.89. The topological polar surface area (TPSA) is 80.9 Å². The van der Waals surface area contributed by atoms with Crippen LogP contribution < -0.4 is 5.32 Å². The van der Waals surface area contributed by atoms with Gasteiger partial charge in [0.2, 0.25) is 5.91 Å². The Morgan fingerprint density at radius 2 is 2.12 bits per heavy atom. The minimum Gasteiger partial charge on any atom is -0.353 e. The molecule has 1 saturated carbocycles. The van der Waals surface area contributed by atoms with Gasteiger partial charge in [0, 0.05) is 18.7 Å². The highest BCUT2D eigenvalue weighted by atomic mass is 32.2. The van der Waals surface area contributed by atoms with Crippen molar-refractivity contribution in [2.45, 2.75) is 57.0 Å². The van der Waals surface area contributed by atoms with Crippen molar-refractivity contribution in [2.24, 2.45) is 5.92 Å². The molecule has 6 nitrogen and oxygen atoms in total. The first-order valence-electron chi connectivity index (χ1n) is 8.85. The molecule has 134 valence electrons. The van der Waals surface area contributed by atoms with Crippen LogP contribution in [-0.2, 0) is 11.2 Å². The smallest absolute Gasteiger partial charge is 0.259 e. The molecule has 0 aromatic carbocycles. The van der Waals surface area contributed by atoms with Gasteiger partial charge in [0.25, 0.3) is 5.89 Å². The molecular formula is C18H24N4O2S. The van der Waals surface area contributed by atoms with Gasteiger partial charge in [-0.25, -0.2) is 4.98 Å². The number of nitrogens with zero attached hydrogens (tertiary/aromatic N) is 3. The zero-order chi connectivity index (χ0) is 17.6. The van der Waals surface area contributed by atoms with Crippen molar-refractivity contribution in [2.75, 3.05) is 5.75 Å². The molecular weight excluding hydrogens is 336 g/mol. The number of thioether (sulfide) groups is 1. The average Bonchev–Trinajstić information content (AvgIpc) is 3.12. The Bertz CT molecular complexity index is 693. The molecule has 1 fully saturated rings. The number of aromatic nitrogens is 3. The third-order valence-corrected chi connectivity index (χ3v) is 5.44. The Labute approximate surface area is 152 Å². The highest BCUT2D eigenvalue weighted by Crippen LogP contribution is 2.24. The van der Waals surface area contributed by atoms with Crippen LogP contribution in [0.1, 0.15) is 45.4 Å². The summed E-state index contributed by atoms with van der Waals surface area (Å²) >= 11 is 1.44. The van der Waals surface area contributed by atoms with E-state index in [1.54, 1.807) is 6.20 Å². The summed E-state index contributed by atoms with van der Waals surface area (Å²) in [7, 11) is 0. The molecule has 1 aliphatic rings. The van der Waals surface area contributed by atoms with Crippen molar-refractivity contribution in [1.29, 1.82) is 0 Å². The molecule has 3 rings (SSSR count). The second-order valence-corrected chi connectivity index (χ2v) is 7.56. The number of hydrogen-bond acceptors (Lipinski definition) is 6. The van der Waals surface area contributed by atoms with E-state index in [0.29, 0.717) is 23.5 Å². The zero-order valence-electron chi connectivity index (χ0n) is 14.7. The summed E-state index contributed by atoms with van der Waals surface area (Å²) in [4.78, 5) is 20.8. The number of rotatable bonds is 6. The molecule has 1 amide bonds. The van der Waals surface area contributed by atoms with Crippen molar-refractivity contribution in [3.63, 3.8) is 0 Å². The van der Waals surface area contributed by atoms with Crippen LogP contribution in [0.5, 0.6) is 0 Å². The summed E-state index contributed by atoms with van der Waals surface area (Å²) in [5.74, 6) is 2.42. The molecule has 0 saturated heterocycles. The maximum absolute atomic E-state index is 12.1. The van der Waals surface area contributed by atoms with Gasteiger partial charge in [0.05, 0.1) is 16.3 Å². The predicted molar refractivity (Wildman–Crippen MR) is 97.2 cm³/mol. The van der Waals surface area contributed by atoms with Crippen molar-refractivity contribution in [1.82, 2.24) is 20.4 Å². The lowest BCUT2D eigenvalue weighted by Gasteiger charge is -2.26. The van der Waals surface area contributed by atoms with E-state index in [2.05, 4.69) is 27.4 Å². The molecule has 1 aliphatic carbocycles. The van der Waals surface area contributed by atoms with Gasteiger partial charge >= 0.3 is 0 Å². The van der Waals surface area contributed by atoms with Crippen molar-refractivity contribution in [3.8, 4) is 11.5 Å². The minimum atomic E-state index is 0.0833. The molecule has 25 heavy (non-hydrogen) atoms. The first-order valence-corrected chi connectivity index (χ1v) is 9.83. The fourth-order valence-corrected chi connectivity index (χ4v) is 3.57. The summed E-state index contributed by atoms with van der Waals surface area (Å²) in [5.41, 5.74) is 0.789. The molecule has 1 N–H and O–H groups in total. The molecule has 2 aromatic rings. The van der Waals surface area contributed by atoms with Gasteiger partial charge in [-0.3, -0.25) is 4.79 Å². The average molecular weight is 360 g/mol. The largest absolute Gasteiger partial charge is 0.353 e. The summed E-state index contributed by atoms with van der Waals surface area (Å²) < 4.78 is 5.20. The number of pyridine rings is 1. The van der Waals surface area contributed by atoms with E-state index in [4.69, 9.17) is 4.52 Å². The molecule has 0 radical (unpaired) electrons. The second-order valence-electron chi connectivity index (χ2n) is 6.57. The Kier molecular flexibility index (Phi) is 6.07. The van der Waals surface area contributed by atoms with Gasteiger partial charge in [-0.05, 0) is 43.7 Å². The quantitative estimate of drug-likeness (QED) is 0.794. The third-order valence-electron chi connectivity index (χ3n) is 4.50. The number of aryl methyl sites for hydroxylation is 1. The lowest BCUT2D eigenvalue weighted by molar-refractivity contribution is -0.119. The number of carbonyl (C=O) groups is 1. The second kappa shape index (κ2) is 8.47. The van der Waals surface area contributed by atoms with E-state index in [9.17, 15) is 4.79 Å². The van der Waals surface area contributed by atoms with Gasteiger partial charge in [-0.1, -0.05) is 30.8 Å². The first kappa shape index (κ1) is 17.9. The third kappa shape index (κ3) is 5.04. The zero-order valence-corrected chi connectivity index (χ0v) is 15.5. The molecule has 0 atom stereocenters. The van der Waals surface area contributed by atoms with E-state index < -0.39 is 0 Å². The van der Waals surface area contributed by atoms with Crippen LogP contribution in [-0.4, -0.2) is 32.8 Å². The highest BCUT2D eigenvalue weighted by Gasteiger charge is 2.19. The highest BCUT2D eigenvalue weighted by molar-refractivity contribution is 7.99. The summed E-state index contributed by atoms with van der Waals surface area (Å²) in [6, 6.07) is 4.11. The fourth-order valence-electron chi connectivity index (χ4n) is 2.92. The fraction of sp³-hybridized carbons (Fsp3) is 0.556. The monoisotopic (exact) mass is 360 g/mol. The summed E-state index contributed by atoms with van der Waals surface area (Å²) in [6.45, 7) is 4.26. The maximum Gasteiger partial charge on any atom is 0.259 e. The summed E-state index contributed by atoms with van der Waals surface area (Å²) in [5, 5.41) is 7.83. The number of amides is 1. The van der Waals surface area contributed by atoms with Gasteiger partial charge in [0.15, 0.2) is 5.82 Å². The van der Waals surface area contributed by atoms with Crippen LogP contribution in [0.15, 0.2) is 27.9 Å². The molecule has 0 unspecified atom stereocenters. The van der Waals surface area contributed by atoms with E-state index in [1.807, 2.05) is 19.1 Å². The lowest BCUT2D eigenvalue weighted by Crippen LogP contribution is -2.38. The normalized spacial score (nSPS) is 20.4. The molecule has 0 aliphatic heterocycles. The Morgan fingerprint density at radius 3 is 2.76 bits per heavy atom. The van der Waals surface area contributed by atoms with Gasteiger partial charge < -0.3 is 9.84 Å². The van der Waals surface area contributed by atoms with E-state index in [0.717, 1.165) is 35.8 Å². The Balaban J connectivity index is 1.47. The maximum atomic E-state index is 12.1. The number of hydrogen-bond donors (Lipinski definition) is 1. The van der Waals surface area contributed by atoms with Crippen molar-refractivity contribution < 1.29 is 9.32 Å². The van der Waals surface area contributed by atoms with Crippen LogP contribution in [0, 0.1) is 5.92 Å². The van der Waals surface area contributed by atoms with E-state index >= 15 is 0 Å². The van der Waals surface area contributed by atoms with Crippen LogP contribution in [0.4, 0.5) is 0 Å². The van der Waals surface area contributed by atoms with Crippen LogP contribution in [0.3, 0.4) is 0 Å². The van der Waals surface area contributed by atoms with E-state index in [-0.39, 0.29) is 5.91 Å². The molecule has 0 bridgehead atoms. The van der Waals surface area contributed by atoms with Crippen LogP contribution in [0.2, 0.25) is 0 Å². The molecule has 2 aromatic heterocycles. The SMILES string of the molecule is CCc1noc(-c2ccc(SCC(=O)NC3CCC(C)CC3)nc2)n1. The van der Waals surface area contributed by atoms with Crippen molar-refractivity contribution >= 4 is 17.7 Å². The lowest BCUT2D eigenvalue weighted by atomic mass is 9.87. The predicted octanol–water partition coefficient (Wildman–Crippen LogP) is 3.48. The number of carbonyl (C=O) groups excluding carboxylic acids is 1. The van der Waals surface area contributed by atoms with Crippen LogP contribution >= 0.6 is 11.8 Å². The van der Waals surface area contributed by atoms with Gasteiger partial charge in [-0.15, -0.1) is 0 Å².